The monoisotopic (exact) mass is 415 g/mol. The van der Waals surface area contributed by atoms with Crippen molar-refractivity contribution in [3.8, 4) is 0 Å². The Bertz CT molecular complexity index is 1180. The van der Waals surface area contributed by atoms with Crippen molar-refractivity contribution in [2.75, 3.05) is 5.75 Å². The van der Waals surface area contributed by atoms with E-state index >= 15 is 0 Å². The molecule has 1 aromatic heterocycles. The highest BCUT2D eigenvalue weighted by Gasteiger charge is 2.17. The molecule has 6 nitrogen and oxygen atoms in total. The Morgan fingerprint density at radius 2 is 1.96 bits per heavy atom. The van der Waals surface area contributed by atoms with E-state index in [0.717, 1.165) is 30.3 Å². The molecule has 0 amide bonds. The zero-order valence-corrected chi connectivity index (χ0v) is 17.1. The van der Waals surface area contributed by atoms with E-state index in [1.54, 1.807) is 6.07 Å². The zero-order valence-electron chi connectivity index (χ0n) is 15.5. The summed E-state index contributed by atoms with van der Waals surface area (Å²) in [6, 6.07) is 10.7. The molecular weight excluding hydrogens is 394 g/mol. The average molecular weight is 416 g/mol. The number of fused-ring (bicyclic) bond motifs is 2. The zero-order chi connectivity index (χ0) is 19.9. The standard InChI is InChI=1S/C20H21N3O3S2/c1-2-23-18-9-8-16(28(21,25)26)11-17(18)22-20(23)27-12-19(24)15-7-6-13-4-3-5-14(13)10-15/h6-11H,2-5,12H2,1H3,(H2,21,25,26). The first kappa shape index (κ1) is 19.2. The summed E-state index contributed by atoms with van der Waals surface area (Å²) in [5.74, 6) is 0.351. The number of nitrogens with zero attached hydrogens (tertiary/aromatic N) is 2. The van der Waals surface area contributed by atoms with Crippen LogP contribution in [0.4, 0.5) is 0 Å². The number of nitrogens with two attached hydrogens (primary N) is 1. The molecule has 0 fully saturated rings. The molecular formula is C20H21N3O3S2. The van der Waals surface area contributed by atoms with Gasteiger partial charge in [-0.25, -0.2) is 18.5 Å². The van der Waals surface area contributed by atoms with Crippen LogP contribution in [0.2, 0.25) is 0 Å². The first-order chi connectivity index (χ1) is 13.4. The minimum Gasteiger partial charge on any atom is -0.319 e. The van der Waals surface area contributed by atoms with E-state index in [1.807, 2.05) is 23.6 Å². The second kappa shape index (κ2) is 7.35. The van der Waals surface area contributed by atoms with E-state index in [2.05, 4.69) is 11.1 Å². The molecule has 1 heterocycles. The molecule has 0 spiro atoms. The third-order valence-corrected chi connectivity index (χ3v) is 6.97. The van der Waals surface area contributed by atoms with Crippen molar-refractivity contribution in [3.05, 3.63) is 53.1 Å². The Kier molecular flexibility index (Phi) is 5.03. The van der Waals surface area contributed by atoms with Crippen molar-refractivity contribution in [1.82, 2.24) is 9.55 Å². The molecule has 28 heavy (non-hydrogen) atoms. The van der Waals surface area contributed by atoms with Gasteiger partial charge >= 0.3 is 0 Å². The van der Waals surface area contributed by atoms with Crippen molar-refractivity contribution in [1.29, 1.82) is 0 Å². The first-order valence-corrected chi connectivity index (χ1v) is 11.7. The van der Waals surface area contributed by atoms with Gasteiger partial charge in [-0.05, 0) is 61.6 Å². The summed E-state index contributed by atoms with van der Waals surface area (Å²) in [5, 5.41) is 5.91. The molecule has 3 aromatic rings. The van der Waals surface area contributed by atoms with Crippen LogP contribution >= 0.6 is 11.8 Å². The van der Waals surface area contributed by atoms with Gasteiger partial charge in [0.25, 0.3) is 0 Å². The van der Waals surface area contributed by atoms with Gasteiger partial charge < -0.3 is 4.57 Å². The quantitative estimate of drug-likeness (QED) is 0.493. The number of ketones is 1. The van der Waals surface area contributed by atoms with Crippen molar-refractivity contribution < 1.29 is 13.2 Å². The van der Waals surface area contributed by atoms with Gasteiger partial charge in [0, 0.05) is 12.1 Å². The van der Waals surface area contributed by atoms with Crippen molar-refractivity contribution in [3.63, 3.8) is 0 Å². The number of primary sulfonamides is 1. The molecule has 0 saturated carbocycles. The fourth-order valence-corrected chi connectivity index (χ4v) is 5.15. The summed E-state index contributed by atoms with van der Waals surface area (Å²) in [6.45, 7) is 2.65. The number of hydrogen-bond donors (Lipinski definition) is 1. The SMILES string of the molecule is CCn1c(SCC(=O)c2ccc3c(c2)CCC3)nc2cc(S(N)(=O)=O)ccc21. The highest BCUT2D eigenvalue weighted by atomic mass is 32.2. The molecule has 0 bridgehead atoms. The number of carbonyl (C=O) groups is 1. The van der Waals surface area contributed by atoms with Crippen LogP contribution < -0.4 is 5.14 Å². The van der Waals surface area contributed by atoms with Gasteiger partial charge in [0.2, 0.25) is 10.0 Å². The molecule has 8 heteroatoms. The number of sulfonamides is 1. The second-order valence-corrected chi connectivity index (χ2v) is 9.39. The molecule has 0 aliphatic heterocycles. The smallest absolute Gasteiger partial charge is 0.238 e. The number of rotatable bonds is 6. The molecule has 2 aromatic carbocycles. The van der Waals surface area contributed by atoms with Crippen molar-refractivity contribution in [2.24, 2.45) is 5.14 Å². The topological polar surface area (TPSA) is 95.0 Å². The third-order valence-electron chi connectivity index (χ3n) is 5.08. The molecule has 0 radical (unpaired) electrons. The van der Waals surface area contributed by atoms with Crippen LogP contribution in [-0.2, 0) is 29.4 Å². The minimum atomic E-state index is -3.78. The van der Waals surface area contributed by atoms with Gasteiger partial charge in [0.1, 0.15) is 0 Å². The number of thioether (sulfide) groups is 1. The summed E-state index contributed by atoms with van der Waals surface area (Å²) < 4.78 is 25.1. The predicted octanol–water partition coefficient (Wildman–Crippen LogP) is 3.17. The van der Waals surface area contributed by atoms with Crippen LogP contribution in [-0.4, -0.2) is 29.5 Å². The molecule has 146 valence electrons. The van der Waals surface area contributed by atoms with Gasteiger partial charge in [0.15, 0.2) is 10.9 Å². The maximum Gasteiger partial charge on any atom is 0.238 e. The molecule has 0 saturated heterocycles. The maximum absolute atomic E-state index is 12.7. The van der Waals surface area contributed by atoms with E-state index in [1.165, 1.54) is 35.0 Å². The lowest BCUT2D eigenvalue weighted by Crippen LogP contribution is -2.11. The fraction of sp³-hybridized carbons (Fsp3) is 0.300. The van der Waals surface area contributed by atoms with Crippen molar-refractivity contribution >= 4 is 38.6 Å². The number of imidazole rings is 1. The molecule has 0 atom stereocenters. The Morgan fingerprint density at radius 3 is 2.71 bits per heavy atom. The van der Waals surface area contributed by atoms with Crippen LogP contribution in [0.25, 0.3) is 11.0 Å². The van der Waals surface area contributed by atoms with Crippen LogP contribution in [0, 0.1) is 0 Å². The van der Waals surface area contributed by atoms with E-state index in [0.29, 0.717) is 17.2 Å². The normalized spacial score (nSPS) is 13.8. The lowest BCUT2D eigenvalue weighted by Gasteiger charge is -2.06. The Balaban J connectivity index is 1.58. The fourth-order valence-electron chi connectivity index (χ4n) is 3.64. The summed E-state index contributed by atoms with van der Waals surface area (Å²) in [4.78, 5) is 17.2. The van der Waals surface area contributed by atoms with E-state index < -0.39 is 10.0 Å². The van der Waals surface area contributed by atoms with Gasteiger partial charge in [-0.1, -0.05) is 23.9 Å². The van der Waals surface area contributed by atoms with Gasteiger partial charge in [-0.2, -0.15) is 0 Å². The summed E-state index contributed by atoms with van der Waals surface area (Å²) in [5.41, 5.74) is 4.75. The van der Waals surface area contributed by atoms with Crippen molar-refractivity contribution in [2.45, 2.75) is 42.8 Å². The van der Waals surface area contributed by atoms with E-state index in [-0.39, 0.29) is 16.4 Å². The molecule has 1 aliphatic carbocycles. The van der Waals surface area contributed by atoms with E-state index in [4.69, 9.17) is 5.14 Å². The summed E-state index contributed by atoms with van der Waals surface area (Å²) in [6.07, 6.45) is 3.30. The number of aryl methyl sites for hydroxylation is 3. The number of Topliss-reactive ketones (excluding diaryl/α,β-unsaturated/α-hetero) is 1. The highest BCUT2D eigenvalue weighted by molar-refractivity contribution is 7.99. The van der Waals surface area contributed by atoms with Crippen LogP contribution in [0.5, 0.6) is 0 Å². The predicted molar refractivity (Wildman–Crippen MR) is 110 cm³/mol. The summed E-state index contributed by atoms with van der Waals surface area (Å²) >= 11 is 1.37. The Morgan fingerprint density at radius 1 is 1.18 bits per heavy atom. The number of benzene rings is 2. The largest absolute Gasteiger partial charge is 0.319 e. The lowest BCUT2D eigenvalue weighted by atomic mass is 10.0. The highest BCUT2D eigenvalue weighted by Crippen LogP contribution is 2.27. The van der Waals surface area contributed by atoms with Crippen LogP contribution in [0.3, 0.4) is 0 Å². The van der Waals surface area contributed by atoms with Gasteiger partial charge in [-0.15, -0.1) is 0 Å². The van der Waals surface area contributed by atoms with Gasteiger partial charge in [-0.3, -0.25) is 4.79 Å². The second-order valence-electron chi connectivity index (χ2n) is 6.88. The third kappa shape index (κ3) is 3.59. The minimum absolute atomic E-state index is 0.0338. The Labute approximate surface area is 168 Å². The maximum atomic E-state index is 12.7. The number of aromatic nitrogens is 2. The van der Waals surface area contributed by atoms with Crippen LogP contribution in [0.15, 0.2) is 46.5 Å². The molecule has 2 N–H and O–H groups in total. The Hall–Kier alpha value is -2.16. The van der Waals surface area contributed by atoms with E-state index in [9.17, 15) is 13.2 Å². The van der Waals surface area contributed by atoms with Crippen LogP contribution in [0.1, 0.15) is 34.8 Å². The first-order valence-electron chi connectivity index (χ1n) is 9.17. The molecule has 0 unspecified atom stereocenters. The average Bonchev–Trinajstić information content (AvgIpc) is 3.27. The summed E-state index contributed by atoms with van der Waals surface area (Å²) in [7, 11) is -3.78. The molecule has 1 aliphatic rings. The number of carbonyl (C=O) groups excluding carboxylic acids is 1. The lowest BCUT2D eigenvalue weighted by molar-refractivity contribution is 0.102. The van der Waals surface area contributed by atoms with Gasteiger partial charge in [0.05, 0.1) is 21.7 Å². The number of hydrogen-bond acceptors (Lipinski definition) is 5. The molecule has 4 rings (SSSR count).